The van der Waals surface area contributed by atoms with Crippen molar-refractivity contribution in [2.45, 2.75) is 44.4 Å². The highest BCUT2D eigenvalue weighted by molar-refractivity contribution is 5.95. The monoisotopic (exact) mass is 330 g/mol. The zero-order valence-corrected chi connectivity index (χ0v) is 13.0. The second-order valence-corrected chi connectivity index (χ2v) is 5.73. The van der Waals surface area contributed by atoms with Crippen molar-refractivity contribution in [3.8, 4) is 5.75 Å². The first-order valence-electron chi connectivity index (χ1n) is 7.69. The minimum Gasteiger partial charge on any atom is -0.494 e. The highest BCUT2D eigenvalue weighted by Gasteiger charge is 2.47. The Kier molecular flexibility index (Phi) is 5.51. The third-order valence-electron chi connectivity index (χ3n) is 3.81. The third kappa shape index (κ3) is 4.37. The molecular formula is C16H21F3N2O2. The molecule has 0 radical (unpaired) electrons. The standard InChI is InChI=1S/C16H21F3N2O2/c1-2-8-23-13-5-3-4-11(9-13)15(22)21-10-12(20)6-7-14(21)16(17,18)19/h3-5,9,12,14H,2,6-8,10,20H2,1H3. The van der Waals surface area contributed by atoms with Gasteiger partial charge in [-0.3, -0.25) is 4.79 Å². The lowest BCUT2D eigenvalue weighted by Crippen LogP contribution is -2.56. The van der Waals surface area contributed by atoms with Gasteiger partial charge in [0.25, 0.3) is 5.91 Å². The van der Waals surface area contributed by atoms with Crippen molar-refractivity contribution in [3.05, 3.63) is 29.8 Å². The lowest BCUT2D eigenvalue weighted by Gasteiger charge is -2.39. The van der Waals surface area contributed by atoms with Crippen LogP contribution < -0.4 is 10.5 Å². The summed E-state index contributed by atoms with van der Waals surface area (Å²) in [4.78, 5) is 13.4. The Morgan fingerprint density at radius 1 is 1.39 bits per heavy atom. The molecule has 1 aliphatic heterocycles. The number of hydrogen-bond acceptors (Lipinski definition) is 3. The van der Waals surface area contributed by atoms with Crippen LogP contribution in [0.5, 0.6) is 5.75 Å². The van der Waals surface area contributed by atoms with Crippen LogP contribution in [0.2, 0.25) is 0 Å². The van der Waals surface area contributed by atoms with Gasteiger partial charge in [-0.25, -0.2) is 0 Å². The maximum absolute atomic E-state index is 13.2. The lowest BCUT2D eigenvalue weighted by atomic mass is 9.97. The number of halogens is 3. The maximum atomic E-state index is 13.2. The van der Waals surface area contributed by atoms with Crippen molar-refractivity contribution in [1.82, 2.24) is 4.90 Å². The van der Waals surface area contributed by atoms with Gasteiger partial charge in [0, 0.05) is 18.2 Å². The predicted molar refractivity (Wildman–Crippen MR) is 80.3 cm³/mol. The second kappa shape index (κ2) is 7.21. The molecule has 1 amide bonds. The number of benzene rings is 1. The molecule has 0 aliphatic carbocycles. The van der Waals surface area contributed by atoms with E-state index >= 15 is 0 Å². The Morgan fingerprint density at radius 3 is 2.78 bits per heavy atom. The van der Waals surface area contributed by atoms with Gasteiger partial charge in [-0.05, 0) is 37.5 Å². The summed E-state index contributed by atoms with van der Waals surface area (Å²) >= 11 is 0. The molecule has 1 aliphatic rings. The van der Waals surface area contributed by atoms with E-state index in [1.54, 1.807) is 12.1 Å². The van der Waals surface area contributed by atoms with Crippen molar-refractivity contribution in [2.24, 2.45) is 5.73 Å². The fourth-order valence-electron chi connectivity index (χ4n) is 2.67. The van der Waals surface area contributed by atoms with Crippen LogP contribution in [-0.4, -0.2) is 42.2 Å². The van der Waals surface area contributed by atoms with Crippen LogP contribution in [0.25, 0.3) is 0 Å². The van der Waals surface area contributed by atoms with Gasteiger partial charge in [-0.2, -0.15) is 13.2 Å². The molecule has 7 heteroatoms. The number of nitrogens with zero attached hydrogens (tertiary/aromatic N) is 1. The van der Waals surface area contributed by atoms with E-state index in [1.807, 2.05) is 6.92 Å². The van der Waals surface area contributed by atoms with Gasteiger partial charge in [0.15, 0.2) is 0 Å². The van der Waals surface area contributed by atoms with Crippen molar-refractivity contribution >= 4 is 5.91 Å². The second-order valence-electron chi connectivity index (χ2n) is 5.73. The lowest BCUT2D eigenvalue weighted by molar-refractivity contribution is -0.184. The van der Waals surface area contributed by atoms with Gasteiger partial charge in [0.2, 0.25) is 0 Å². The minimum absolute atomic E-state index is 0.0942. The Bertz CT molecular complexity index is 548. The number of ether oxygens (including phenoxy) is 1. The molecule has 1 fully saturated rings. The van der Waals surface area contributed by atoms with Crippen molar-refractivity contribution < 1.29 is 22.7 Å². The summed E-state index contributed by atoms with van der Waals surface area (Å²) in [5.74, 6) is -0.188. The third-order valence-corrected chi connectivity index (χ3v) is 3.81. The van der Waals surface area contributed by atoms with Crippen LogP contribution >= 0.6 is 0 Å². The number of amides is 1. The average Bonchev–Trinajstić information content (AvgIpc) is 2.51. The average molecular weight is 330 g/mol. The summed E-state index contributed by atoms with van der Waals surface area (Å²) in [6, 6.07) is 4.03. The van der Waals surface area contributed by atoms with E-state index in [4.69, 9.17) is 10.5 Å². The molecule has 0 bridgehead atoms. The molecule has 1 saturated heterocycles. The van der Waals surface area contributed by atoms with Crippen LogP contribution in [-0.2, 0) is 0 Å². The molecule has 2 rings (SSSR count). The fourth-order valence-corrected chi connectivity index (χ4v) is 2.67. The zero-order valence-electron chi connectivity index (χ0n) is 13.0. The Labute approximate surface area is 133 Å². The number of carbonyl (C=O) groups excluding carboxylic acids is 1. The van der Waals surface area contributed by atoms with Gasteiger partial charge in [0.05, 0.1) is 6.61 Å². The molecule has 0 saturated carbocycles. The number of piperidine rings is 1. The van der Waals surface area contributed by atoms with Gasteiger partial charge in [-0.1, -0.05) is 13.0 Å². The molecule has 0 spiro atoms. The van der Waals surface area contributed by atoms with E-state index in [0.717, 1.165) is 11.3 Å². The fraction of sp³-hybridized carbons (Fsp3) is 0.562. The Balaban J connectivity index is 2.22. The van der Waals surface area contributed by atoms with Crippen LogP contribution in [0.4, 0.5) is 13.2 Å². The zero-order chi connectivity index (χ0) is 17.0. The van der Waals surface area contributed by atoms with Crippen LogP contribution in [0.1, 0.15) is 36.5 Å². The first-order valence-corrected chi connectivity index (χ1v) is 7.69. The topological polar surface area (TPSA) is 55.6 Å². The van der Waals surface area contributed by atoms with Gasteiger partial charge in [0.1, 0.15) is 11.8 Å². The molecule has 128 valence electrons. The summed E-state index contributed by atoms with van der Waals surface area (Å²) in [6.07, 6.45) is -3.56. The van der Waals surface area contributed by atoms with E-state index in [9.17, 15) is 18.0 Å². The van der Waals surface area contributed by atoms with Gasteiger partial charge < -0.3 is 15.4 Å². The highest BCUT2D eigenvalue weighted by atomic mass is 19.4. The number of carbonyl (C=O) groups is 1. The van der Waals surface area contributed by atoms with E-state index in [0.29, 0.717) is 12.4 Å². The number of hydrogen-bond donors (Lipinski definition) is 1. The summed E-state index contributed by atoms with van der Waals surface area (Å²) in [5.41, 5.74) is 5.94. The molecule has 1 aromatic carbocycles. The quantitative estimate of drug-likeness (QED) is 0.923. The molecule has 2 unspecified atom stereocenters. The molecule has 2 atom stereocenters. The summed E-state index contributed by atoms with van der Waals surface area (Å²) in [5, 5.41) is 0. The predicted octanol–water partition coefficient (Wildman–Crippen LogP) is 2.97. The molecule has 2 N–H and O–H groups in total. The van der Waals surface area contributed by atoms with Crippen molar-refractivity contribution in [3.63, 3.8) is 0 Å². The van der Waals surface area contributed by atoms with Gasteiger partial charge >= 0.3 is 6.18 Å². The highest BCUT2D eigenvalue weighted by Crippen LogP contribution is 2.32. The summed E-state index contributed by atoms with van der Waals surface area (Å²) in [7, 11) is 0. The molecule has 23 heavy (non-hydrogen) atoms. The normalized spacial score (nSPS) is 22.0. The number of likely N-dealkylation sites (tertiary alicyclic amines) is 1. The summed E-state index contributed by atoms with van der Waals surface area (Å²) in [6.45, 7) is 2.33. The minimum atomic E-state index is -4.45. The van der Waals surface area contributed by atoms with E-state index in [2.05, 4.69) is 0 Å². The maximum Gasteiger partial charge on any atom is 0.408 e. The SMILES string of the molecule is CCCOc1cccc(C(=O)N2CC(N)CCC2C(F)(F)F)c1. The Hall–Kier alpha value is -1.76. The molecular weight excluding hydrogens is 309 g/mol. The van der Waals surface area contributed by atoms with E-state index in [-0.39, 0.29) is 24.9 Å². The summed E-state index contributed by atoms with van der Waals surface area (Å²) < 4.78 is 45.0. The first kappa shape index (κ1) is 17.6. The first-order chi connectivity index (χ1) is 10.8. The van der Waals surface area contributed by atoms with E-state index in [1.165, 1.54) is 12.1 Å². The number of rotatable bonds is 4. The van der Waals surface area contributed by atoms with Crippen LogP contribution in [0, 0.1) is 0 Å². The molecule has 1 heterocycles. The molecule has 1 aromatic rings. The van der Waals surface area contributed by atoms with Crippen molar-refractivity contribution in [2.75, 3.05) is 13.2 Å². The molecule has 4 nitrogen and oxygen atoms in total. The largest absolute Gasteiger partial charge is 0.494 e. The van der Waals surface area contributed by atoms with Crippen LogP contribution in [0.3, 0.4) is 0 Å². The number of alkyl halides is 3. The van der Waals surface area contributed by atoms with Crippen LogP contribution in [0.15, 0.2) is 24.3 Å². The van der Waals surface area contributed by atoms with Crippen molar-refractivity contribution in [1.29, 1.82) is 0 Å². The number of nitrogens with two attached hydrogens (primary N) is 1. The molecule has 0 aromatic heterocycles. The van der Waals surface area contributed by atoms with E-state index < -0.39 is 24.2 Å². The Morgan fingerprint density at radius 2 is 2.13 bits per heavy atom. The van der Waals surface area contributed by atoms with Gasteiger partial charge in [-0.15, -0.1) is 0 Å². The smallest absolute Gasteiger partial charge is 0.408 e.